The number of benzene rings is 1. The number of hydrogen-bond donors (Lipinski definition) is 1. The predicted molar refractivity (Wildman–Crippen MR) is 75.0 cm³/mol. The standard InChI is InChI=1S/C14H16ClFN2/c1-14(2,3)11-7-10(17-4)12-9(16)6-5-8(15)13(12)18-11/h5-7H,1-4H3,(H,17,18). The molecule has 1 N–H and O–H groups in total. The van der Waals surface area contributed by atoms with Crippen LogP contribution in [-0.4, -0.2) is 12.0 Å². The molecule has 2 rings (SSSR count). The number of anilines is 1. The molecule has 0 saturated carbocycles. The van der Waals surface area contributed by atoms with Gasteiger partial charge in [0.1, 0.15) is 5.82 Å². The van der Waals surface area contributed by atoms with Gasteiger partial charge in [-0.05, 0) is 18.2 Å². The van der Waals surface area contributed by atoms with Crippen molar-refractivity contribution in [3.8, 4) is 0 Å². The van der Waals surface area contributed by atoms with E-state index in [2.05, 4.69) is 31.1 Å². The molecule has 0 radical (unpaired) electrons. The van der Waals surface area contributed by atoms with Crippen LogP contribution in [0.15, 0.2) is 18.2 Å². The molecule has 0 spiro atoms. The Morgan fingerprint density at radius 3 is 2.50 bits per heavy atom. The van der Waals surface area contributed by atoms with Crippen molar-refractivity contribution in [3.05, 3.63) is 34.7 Å². The molecule has 2 nitrogen and oxygen atoms in total. The highest BCUT2D eigenvalue weighted by atomic mass is 35.5. The summed E-state index contributed by atoms with van der Waals surface area (Å²) in [5, 5.41) is 3.92. The van der Waals surface area contributed by atoms with Crippen LogP contribution in [0.4, 0.5) is 10.1 Å². The Labute approximate surface area is 111 Å². The average molecular weight is 267 g/mol. The normalized spacial score (nSPS) is 11.9. The van der Waals surface area contributed by atoms with Gasteiger partial charge in [-0.15, -0.1) is 0 Å². The second kappa shape index (κ2) is 4.39. The molecule has 1 aromatic heterocycles. The molecule has 0 saturated heterocycles. The second-order valence-corrected chi connectivity index (χ2v) is 5.72. The van der Waals surface area contributed by atoms with Crippen LogP contribution in [0.5, 0.6) is 0 Å². The quantitative estimate of drug-likeness (QED) is 0.829. The van der Waals surface area contributed by atoms with Gasteiger partial charge in [0, 0.05) is 23.8 Å². The van der Waals surface area contributed by atoms with Crippen LogP contribution in [0.1, 0.15) is 26.5 Å². The lowest BCUT2D eigenvalue weighted by molar-refractivity contribution is 0.571. The predicted octanol–water partition coefficient (Wildman–Crippen LogP) is 4.37. The number of nitrogens with one attached hydrogen (secondary N) is 1. The first kappa shape index (κ1) is 13.1. The van der Waals surface area contributed by atoms with Gasteiger partial charge in [0.05, 0.1) is 15.9 Å². The van der Waals surface area contributed by atoms with Crippen LogP contribution in [0.25, 0.3) is 10.9 Å². The maximum Gasteiger partial charge on any atom is 0.134 e. The van der Waals surface area contributed by atoms with Crippen molar-refractivity contribution in [2.45, 2.75) is 26.2 Å². The first-order chi connectivity index (χ1) is 8.34. The lowest BCUT2D eigenvalue weighted by Crippen LogP contribution is -2.14. The van der Waals surface area contributed by atoms with E-state index in [9.17, 15) is 4.39 Å². The van der Waals surface area contributed by atoms with Gasteiger partial charge in [-0.3, -0.25) is 4.98 Å². The molecular formula is C14H16ClFN2. The van der Waals surface area contributed by atoms with Crippen molar-refractivity contribution in [2.75, 3.05) is 12.4 Å². The maximum atomic E-state index is 13.9. The highest BCUT2D eigenvalue weighted by Gasteiger charge is 2.20. The van der Waals surface area contributed by atoms with Crippen molar-refractivity contribution in [1.82, 2.24) is 4.98 Å². The molecule has 1 heterocycles. The summed E-state index contributed by atoms with van der Waals surface area (Å²) >= 11 is 6.12. The molecule has 0 aliphatic rings. The molecule has 0 fully saturated rings. The summed E-state index contributed by atoms with van der Waals surface area (Å²) in [6, 6.07) is 4.78. The van der Waals surface area contributed by atoms with Gasteiger partial charge in [0.15, 0.2) is 0 Å². The molecule has 18 heavy (non-hydrogen) atoms. The van der Waals surface area contributed by atoms with E-state index in [0.717, 1.165) is 5.69 Å². The number of nitrogens with zero attached hydrogens (tertiary/aromatic N) is 1. The summed E-state index contributed by atoms with van der Waals surface area (Å²) < 4.78 is 13.9. The van der Waals surface area contributed by atoms with E-state index in [1.54, 1.807) is 7.05 Å². The van der Waals surface area contributed by atoms with E-state index >= 15 is 0 Å². The van der Waals surface area contributed by atoms with E-state index in [-0.39, 0.29) is 11.2 Å². The first-order valence-corrected chi connectivity index (χ1v) is 6.19. The van der Waals surface area contributed by atoms with E-state index in [0.29, 0.717) is 21.6 Å². The molecule has 0 aliphatic carbocycles. The molecule has 96 valence electrons. The lowest BCUT2D eigenvalue weighted by atomic mass is 9.90. The molecule has 0 atom stereocenters. The SMILES string of the molecule is CNc1cc(C(C)(C)C)nc2c(Cl)ccc(F)c12. The summed E-state index contributed by atoms with van der Waals surface area (Å²) in [6.07, 6.45) is 0. The van der Waals surface area contributed by atoms with Crippen LogP contribution in [0.2, 0.25) is 5.02 Å². The number of halogens is 2. The van der Waals surface area contributed by atoms with E-state index in [4.69, 9.17) is 11.6 Å². The monoisotopic (exact) mass is 266 g/mol. The van der Waals surface area contributed by atoms with Gasteiger partial charge in [-0.2, -0.15) is 0 Å². The third-order valence-electron chi connectivity index (χ3n) is 2.90. The van der Waals surface area contributed by atoms with Gasteiger partial charge >= 0.3 is 0 Å². The van der Waals surface area contributed by atoms with Crippen molar-refractivity contribution in [1.29, 1.82) is 0 Å². The van der Waals surface area contributed by atoms with Gasteiger partial charge < -0.3 is 5.32 Å². The summed E-state index contributed by atoms with van der Waals surface area (Å²) in [7, 11) is 1.77. The molecule has 0 aliphatic heterocycles. The van der Waals surface area contributed by atoms with E-state index in [1.807, 2.05) is 6.07 Å². The Bertz CT molecular complexity index is 603. The van der Waals surface area contributed by atoms with E-state index in [1.165, 1.54) is 12.1 Å². The third-order valence-corrected chi connectivity index (χ3v) is 3.20. The van der Waals surface area contributed by atoms with Crippen molar-refractivity contribution in [2.24, 2.45) is 0 Å². The van der Waals surface area contributed by atoms with Gasteiger partial charge in [0.2, 0.25) is 0 Å². The van der Waals surface area contributed by atoms with Crippen molar-refractivity contribution < 1.29 is 4.39 Å². The summed E-state index contributed by atoms with van der Waals surface area (Å²) in [6.45, 7) is 6.19. The number of fused-ring (bicyclic) bond motifs is 1. The molecule has 0 amide bonds. The van der Waals surface area contributed by atoms with Crippen LogP contribution < -0.4 is 5.32 Å². The zero-order valence-corrected chi connectivity index (χ0v) is 11.7. The molecule has 2 aromatic rings. The summed E-state index contributed by atoms with van der Waals surface area (Å²) in [5.74, 6) is -0.313. The van der Waals surface area contributed by atoms with Gasteiger partial charge in [-0.25, -0.2) is 4.39 Å². The topological polar surface area (TPSA) is 24.9 Å². The summed E-state index contributed by atoms with van der Waals surface area (Å²) in [4.78, 5) is 4.50. The highest BCUT2D eigenvalue weighted by molar-refractivity contribution is 6.35. The minimum atomic E-state index is -0.313. The maximum absolute atomic E-state index is 13.9. The van der Waals surface area contributed by atoms with Gasteiger partial charge in [0.25, 0.3) is 0 Å². The Balaban J connectivity index is 2.88. The Morgan fingerprint density at radius 1 is 1.28 bits per heavy atom. The fourth-order valence-corrected chi connectivity index (χ4v) is 2.05. The zero-order chi connectivity index (χ0) is 13.5. The zero-order valence-electron chi connectivity index (χ0n) is 10.9. The van der Waals surface area contributed by atoms with Crippen LogP contribution in [-0.2, 0) is 5.41 Å². The molecule has 4 heteroatoms. The Morgan fingerprint density at radius 2 is 1.94 bits per heavy atom. The molecular weight excluding hydrogens is 251 g/mol. The molecule has 0 unspecified atom stereocenters. The number of hydrogen-bond acceptors (Lipinski definition) is 2. The number of pyridine rings is 1. The fraction of sp³-hybridized carbons (Fsp3) is 0.357. The largest absolute Gasteiger partial charge is 0.387 e. The molecule has 0 bridgehead atoms. The van der Waals surface area contributed by atoms with Crippen molar-refractivity contribution in [3.63, 3.8) is 0 Å². The first-order valence-electron chi connectivity index (χ1n) is 5.81. The highest BCUT2D eigenvalue weighted by Crippen LogP contribution is 2.33. The fourth-order valence-electron chi connectivity index (χ4n) is 1.85. The van der Waals surface area contributed by atoms with Crippen LogP contribution >= 0.6 is 11.6 Å². The smallest absolute Gasteiger partial charge is 0.134 e. The van der Waals surface area contributed by atoms with Crippen LogP contribution in [0, 0.1) is 5.82 Å². The van der Waals surface area contributed by atoms with E-state index < -0.39 is 0 Å². The number of rotatable bonds is 1. The minimum Gasteiger partial charge on any atom is -0.387 e. The Hall–Kier alpha value is -1.35. The van der Waals surface area contributed by atoms with Crippen molar-refractivity contribution >= 4 is 28.2 Å². The Kier molecular flexibility index (Phi) is 3.20. The average Bonchev–Trinajstić information content (AvgIpc) is 2.31. The van der Waals surface area contributed by atoms with Gasteiger partial charge in [-0.1, -0.05) is 32.4 Å². The second-order valence-electron chi connectivity index (χ2n) is 5.31. The summed E-state index contributed by atoms with van der Waals surface area (Å²) in [5.41, 5.74) is 1.99. The molecule has 1 aromatic carbocycles. The number of aromatic nitrogens is 1. The minimum absolute atomic E-state index is 0.116. The lowest BCUT2D eigenvalue weighted by Gasteiger charge is -2.20. The van der Waals surface area contributed by atoms with Crippen LogP contribution in [0.3, 0.4) is 0 Å². The third kappa shape index (κ3) is 2.15.